The maximum atomic E-state index is 14.3. The molecule has 10 heteroatoms. The SMILES string of the molecule is CNC(=O)c1ccc(-n2c(=O)c3c(n4ncc(Cc5ccccc5)c24)CN(C(=O)c2ccc(Br)c(C#N)c2)[C@H](C)C3)cc1. The molecule has 5 aromatic rings. The molecule has 0 unspecified atom stereocenters. The Bertz CT molecular complexity index is 1990. The summed E-state index contributed by atoms with van der Waals surface area (Å²) in [5.41, 5.74) is 5.47. The number of nitrogens with zero attached hydrogens (tertiary/aromatic N) is 5. The van der Waals surface area contributed by atoms with Gasteiger partial charge in [0.1, 0.15) is 11.7 Å². The summed E-state index contributed by atoms with van der Waals surface area (Å²) in [6, 6.07) is 23.7. The number of nitrogens with one attached hydrogen (secondary N) is 1. The van der Waals surface area contributed by atoms with Crippen LogP contribution in [0.25, 0.3) is 11.3 Å². The maximum Gasteiger partial charge on any atom is 0.261 e. The molecule has 0 saturated heterocycles. The molecule has 1 atom stereocenters. The van der Waals surface area contributed by atoms with Gasteiger partial charge in [0, 0.05) is 46.2 Å². The first kappa shape index (κ1) is 28.1. The van der Waals surface area contributed by atoms with Crippen molar-refractivity contribution >= 4 is 33.4 Å². The van der Waals surface area contributed by atoms with Gasteiger partial charge in [-0.05, 0) is 77.3 Å². The van der Waals surface area contributed by atoms with Crippen LogP contribution in [0.3, 0.4) is 0 Å². The zero-order valence-corrected chi connectivity index (χ0v) is 25.1. The van der Waals surface area contributed by atoms with E-state index >= 15 is 0 Å². The van der Waals surface area contributed by atoms with Gasteiger partial charge in [-0.2, -0.15) is 10.4 Å². The van der Waals surface area contributed by atoms with Crippen molar-refractivity contribution in [2.45, 2.75) is 32.4 Å². The number of carbonyl (C=O) groups excluding carboxylic acids is 2. The number of hydrogen-bond acceptors (Lipinski definition) is 5. The Morgan fingerprint density at radius 3 is 2.49 bits per heavy atom. The first-order valence-corrected chi connectivity index (χ1v) is 14.6. The molecule has 214 valence electrons. The Morgan fingerprint density at radius 2 is 1.79 bits per heavy atom. The molecular weight excluding hydrogens is 608 g/mol. The number of fused-ring (bicyclic) bond motifs is 3. The molecule has 9 nitrogen and oxygen atoms in total. The number of carbonyl (C=O) groups is 2. The molecule has 1 aliphatic heterocycles. The molecular formula is C33H27BrN6O3. The van der Waals surface area contributed by atoms with Crippen molar-refractivity contribution in [2.24, 2.45) is 0 Å². The first-order chi connectivity index (χ1) is 20.8. The predicted octanol–water partition coefficient (Wildman–Crippen LogP) is 4.66. The molecule has 3 aromatic carbocycles. The molecule has 3 heterocycles. The van der Waals surface area contributed by atoms with Crippen LogP contribution in [0.4, 0.5) is 0 Å². The van der Waals surface area contributed by atoms with Crippen LogP contribution in [-0.2, 0) is 19.4 Å². The van der Waals surface area contributed by atoms with E-state index in [1.807, 2.05) is 37.3 Å². The van der Waals surface area contributed by atoms with Gasteiger partial charge in [0.2, 0.25) is 0 Å². The third kappa shape index (κ3) is 5.02. The molecule has 1 aliphatic rings. The minimum absolute atomic E-state index is 0.181. The van der Waals surface area contributed by atoms with Crippen LogP contribution in [0.1, 0.15) is 55.6 Å². The second-order valence-electron chi connectivity index (χ2n) is 10.6. The fourth-order valence-electron chi connectivity index (χ4n) is 5.65. The summed E-state index contributed by atoms with van der Waals surface area (Å²) in [5.74, 6) is -0.434. The lowest BCUT2D eigenvalue weighted by Crippen LogP contribution is -2.46. The summed E-state index contributed by atoms with van der Waals surface area (Å²) in [4.78, 5) is 41.9. The van der Waals surface area contributed by atoms with E-state index in [4.69, 9.17) is 5.10 Å². The van der Waals surface area contributed by atoms with Crippen molar-refractivity contribution in [1.29, 1.82) is 5.26 Å². The highest BCUT2D eigenvalue weighted by atomic mass is 79.9. The van der Waals surface area contributed by atoms with Crippen LogP contribution in [0, 0.1) is 11.3 Å². The first-order valence-electron chi connectivity index (χ1n) is 13.8. The van der Waals surface area contributed by atoms with E-state index in [0.717, 1.165) is 11.1 Å². The highest BCUT2D eigenvalue weighted by Gasteiger charge is 2.33. The summed E-state index contributed by atoms with van der Waals surface area (Å²) >= 11 is 3.35. The van der Waals surface area contributed by atoms with Crippen molar-refractivity contribution in [1.82, 2.24) is 24.4 Å². The van der Waals surface area contributed by atoms with Gasteiger partial charge in [-0.15, -0.1) is 0 Å². The lowest BCUT2D eigenvalue weighted by Gasteiger charge is -2.35. The normalized spacial score (nSPS) is 14.3. The standard InChI is InChI=1S/C33H27BrN6O3/c1-20-14-27-29(19-38(20)32(42)23-10-13-28(34)24(16-23)17-35)40-31(25(18-37-40)15-21-6-4-3-5-7-21)39(33(27)43)26-11-8-22(9-12-26)30(41)36-2/h3-13,16,18,20H,14-15,19H2,1-2H3,(H,36,41)/t20-/m1/s1. The fraction of sp³-hybridized carbons (Fsp3) is 0.182. The van der Waals surface area contributed by atoms with E-state index < -0.39 is 0 Å². The minimum Gasteiger partial charge on any atom is -0.355 e. The van der Waals surface area contributed by atoms with Crippen molar-refractivity contribution in [3.63, 3.8) is 0 Å². The highest BCUT2D eigenvalue weighted by molar-refractivity contribution is 9.10. The Morgan fingerprint density at radius 1 is 1.07 bits per heavy atom. The fourth-order valence-corrected chi connectivity index (χ4v) is 5.99. The monoisotopic (exact) mass is 634 g/mol. The number of hydrogen-bond donors (Lipinski definition) is 1. The third-order valence-corrected chi connectivity index (χ3v) is 8.58. The van der Waals surface area contributed by atoms with Crippen molar-refractivity contribution < 1.29 is 9.59 Å². The highest BCUT2D eigenvalue weighted by Crippen LogP contribution is 2.28. The second kappa shape index (κ2) is 11.3. The van der Waals surface area contributed by atoms with Gasteiger partial charge >= 0.3 is 0 Å². The molecule has 0 radical (unpaired) electrons. The van der Waals surface area contributed by atoms with Gasteiger partial charge in [-0.1, -0.05) is 30.3 Å². The van der Waals surface area contributed by atoms with E-state index in [1.54, 1.807) is 69.7 Å². The number of aromatic nitrogens is 3. The lowest BCUT2D eigenvalue weighted by atomic mass is 9.97. The van der Waals surface area contributed by atoms with Crippen molar-refractivity contribution in [3.8, 4) is 11.8 Å². The Labute approximate surface area is 256 Å². The average molecular weight is 636 g/mol. The summed E-state index contributed by atoms with van der Waals surface area (Å²) in [6.45, 7) is 2.10. The Hall–Kier alpha value is -5.01. The van der Waals surface area contributed by atoms with Crippen LogP contribution in [-0.4, -0.2) is 44.0 Å². The van der Waals surface area contributed by atoms with E-state index in [0.29, 0.717) is 56.6 Å². The third-order valence-electron chi connectivity index (χ3n) is 7.89. The van der Waals surface area contributed by atoms with Crippen molar-refractivity contribution in [2.75, 3.05) is 7.05 Å². The van der Waals surface area contributed by atoms with Crippen LogP contribution >= 0.6 is 15.9 Å². The molecule has 0 spiro atoms. The maximum absolute atomic E-state index is 14.3. The summed E-state index contributed by atoms with van der Waals surface area (Å²) in [6.07, 6.45) is 2.66. The summed E-state index contributed by atoms with van der Waals surface area (Å²) in [7, 11) is 1.57. The average Bonchev–Trinajstić information content (AvgIpc) is 3.44. The number of rotatable bonds is 5. The number of halogens is 1. The summed E-state index contributed by atoms with van der Waals surface area (Å²) < 4.78 is 4.06. The molecule has 0 saturated carbocycles. The zero-order valence-electron chi connectivity index (χ0n) is 23.5. The van der Waals surface area contributed by atoms with Crippen molar-refractivity contribution in [3.05, 3.63) is 133 Å². The van der Waals surface area contributed by atoms with Gasteiger partial charge < -0.3 is 10.2 Å². The van der Waals surface area contributed by atoms with Crippen LogP contribution < -0.4 is 10.9 Å². The minimum atomic E-state index is -0.275. The quantitative estimate of drug-likeness (QED) is 0.302. The van der Waals surface area contributed by atoms with E-state index in [-0.39, 0.29) is 30.0 Å². The van der Waals surface area contributed by atoms with E-state index in [1.165, 1.54) is 0 Å². The second-order valence-corrected chi connectivity index (χ2v) is 11.4. The molecule has 0 aliphatic carbocycles. The molecule has 0 fully saturated rings. The topological polar surface area (TPSA) is 112 Å². The molecule has 0 bridgehead atoms. The van der Waals surface area contributed by atoms with Crippen LogP contribution in [0.5, 0.6) is 0 Å². The molecule has 43 heavy (non-hydrogen) atoms. The van der Waals surface area contributed by atoms with Gasteiger partial charge in [-0.3, -0.25) is 19.0 Å². The lowest BCUT2D eigenvalue weighted by molar-refractivity contribution is 0.0651. The van der Waals surface area contributed by atoms with Gasteiger partial charge in [0.25, 0.3) is 17.4 Å². The van der Waals surface area contributed by atoms with Gasteiger partial charge in [-0.25, -0.2) is 4.52 Å². The molecule has 6 rings (SSSR count). The Balaban J connectivity index is 1.50. The molecule has 1 N–H and O–H groups in total. The predicted molar refractivity (Wildman–Crippen MR) is 165 cm³/mol. The number of benzene rings is 3. The van der Waals surface area contributed by atoms with Gasteiger partial charge in [0.15, 0.2) is 0 Å². The largest absolute Gasteiger partial charge is 0.355 e. The Kier molecular flexibility index (Phi) is 7.42. The van der Waals surface area contributed by atoms with Crippen LogP contribution in [0.2, 0.25) is 0 Å². The van der Waals surface area contributed by atoms with E-state index in [2.05, 4.69) is 27.3 Å². The zero-order chi connectivity index (χ0) is 30.2. The van der Waals surface area contributed by atoms with Gasteiger partial charge in [0.05, 0.1) is 29.7 Å². The summed E-state index contributed by atoms with van der Waals surface area (Å²) in [5, 5.41) is 16.8. The number of amides is 2. The molecule has 2 aromatic heterocycles. The van der Waals surface area contributed by atoms with E-state index in [9.17, 15) is 19.6 Å². The number of nitriles is 1. The smallest absolute Gasteiger partial charge is 0.261 e. The van der Waals surface area contributed by atoms with Crippen LogP contribution in [0.15, 0.2) is 88.3 Å². The molecule has 2 amide bonds.